The van der Waals surface area contributed by atoms with Crippen molar-refractivity contribution in [3.05, 3.63) is 23.8 Å². The smallest absolute Gasteiger partial charge is 0.309 e. The highest BCUT2D eigenvalue weighted by Crippen LogP contribution is 2.49. The van der Waals surface area contributed by atoms with Gasteiger partial charge in [-0.3, -0.25) is 24.0 Å². The number of fused-ring (bicyclic) bond motifs is 2. The Morgan fingerprint density at radius 2 is 1.65 bits per heavy atom. The van der Waals surface area contributed by atoms with E-state index in [-0.39, 0.29) is 31.7 Å². The third kappa shape index (κ3) is 10.7. The van der Waals surface area contributed by atoms with Gasteiger partial charge in [-0.2, -0.15) is 0 Å². The highest BCUT2D eigenvalue weighted by molar-refractivity contribution is 5.96. The summed E-state index contributed by atoms with van der Waals surface area (Å²) in [6, 6.07) is -0.754. The van der Waals surface area contributed by atoms with Crippen LogP contribution in [0.4, 0.5) is 0 Å². The van der Waals surface area contributed by atoms with Gasteiger partial charge in [0, 0.05) is 32.6 Å². The van der Waals surface area contributed by atoms with Gasteiger partial charge in [-0.25, -0.2) is 0 Å². The zero-order chi connectivity index (χ0) is 38.4. The number of ketones is 1. The molecule has 3 rings (SSSR count). The largest absolute Gasteiger partial charge is 0.465 e. The number of aliphatic hydroxyl groups is 2. The highest BCUT2D eigenvalue weighted by atomic mass is 16.7. The van der Waals surface area contributed by atoms with Crippen molar-refractivity contribution in [2.45, 2.75) is 136 Å². The number of allylic oxidation sites excluding steroid dienone is 3. The van der Waals surface area contributed by atoms with Crippen LogP contribution >= 0.6 is 0 Å². The molecule has 1 unspecified atom stereocenters. The molecule has 3 aliphatic rings. The average molecular weight is 724 g/mol. The van der Waals surface area contributed by atoms with Crippen LogP contribution in [-0.4, -0.2) is 121 Å². The molecule has 2 heterocycles. The van der Waals surface area contributed by atoms with Gasteiger partial charge < -0.3 is 43.5 Å². The zero-order valence-corrected chi connectivity index (χ0v) is 31.5. The van der Waals surface area contributed by atoms with E-state index < -0.39 is 102 Å². The summed E-state index contributed by atoms with van der Waals surface area (Å²) in [6.07, 6.45) is -2.76. The first-order chi connectivity index (χ1) is 23.8. The fourth-order valence-corrected chi connectivity index (χ4v) is 7.62. The maximum atomic E-state index is 14.1. The summed E-state index contributed by atoms with van der Waals surface area (Å²) in [7, 11) is 3.43. The van der Waals surface area contributed by atoms with Crippen LogP contribution in [0.2, 0.25) is 0 Å². The van der Waals surface area contributed by atoms with E-state index in [0.29, 0.717) is 12.0 Å². The summed E-state index contributed by atoms with van der Waals surface area (Å²) in [5, 5.41) is 22.3. The van der Waals surface area contributed by atoms with Gasteiger partial charge in [-0.1, -0.05) is 31.6 Å². The van der Waals surface area contributed by atoms with E-state index in [4.69, 9.17) is 28.4 Å². The number of hydrogen-bond acceptors (Lipinski definition) is 14. The molecule has 0 radical (unpaired) electrons. The Morgan fingerprint density at radius 1 is 1.00 bits per heavy atom. The third-order valence-electron chi connectivity index (χ3n) is 10.4. The third-order valence-corrected chi connectivity index (χ3v) is 10.4. The molecule has 51 heavy (non-hydrogen) atoms. The fraction of sp³-hybridized carbons (Fsp3) is 0.757. The molecule has 2 N–H and O–H groups in total. The van der Waals surface area contributed by atoms with Crippen LogP contribution in [0.15, 0.2) is 23.8 Å². The standard InChI is InChI=1S/C37H57NO13/c1-11-27-26(18-46-22(5)39)14-19(2)12-13-29(42)37(8)17-25(15-30(37)49-24(7)41)35(20(3)28(48-23(6)40)16-31(43)50-27)51-36-34(45)32(38(9)10)33(44)21(4)47-36/h12-14,20-21,25-28,30,32-36,44-45H,11,15-18H2,1-10H3/b13-12+,19-14+/t20-,21+,25-,26+,27+,28+,30?,32-,33+,34+,35+,36-,37-/m0/s1. The molecule has 1 aliphatic carbocycles. The van der Waals surface area contributed by atoms with Crippen molar-refractivity contribution in [3.63, 3.8) is 0 Å². The Balaban J connectivity index is 2.18. The second kappa shape index (κ2) is 18.0. The van der Waals surface area contributed by atoms with Gasteiger partial charge in [0.1, 0.15) is 31.0 Å². The average Bonchev–Trinajstić information content (AvgIpc) is 3.36. The minimum atomic E-state index is -1.31. The number of likely N-dealkylation sites (N-methyl/N-ethyl adjacent to an activating group) is 1. The monoisotopic (exact) mass is 723 g/mol. The van der Waals surface area contributed by atoms with Gasteiger partial charge in [0.15, 0.2) is 12.1 Å². The Bertz CT molecular complexity index is 1330. The molecule has 2 fully saturated rings. The SMILES string of the molecule is CC[C@H]1OC(=O)C[C@@H](OC(C)=O)[C@H](C)[C@@H](O[C@@H]2O[C@H](C)[C@@H](O)[C@H](N(C)C)[C@H]2O)[C@H]2CC(OC(C)=O)[C@@](C)(C2)C(=O)/C=C/C(C)=C/[C@@H]1COC(C)=O. The molecule has 2 aliphatic heterocycles. The first-order valence-electron chi connectivity index (χ1n) is 17.7. The molecule has 1 saturated heterocycles. The molecular weight excluding hydrogens is 666 g/mol. The van der Waals surface area contributed by atoms with E-state index in [0.717, 1.165) is 0 Å². The second-order valence-electron chi connectivity index (χ2n) is 14.7. The Labute approximate surface area is 300 Å². The lowest BCUT2D eigenvalue weighted by Gasteiger charge is -2.46. The van der Waals surface area contributed by atoms with E-state index in [1.807, 2.05) is 6.92 Å². The topological polar surface area (TPSA) is 184 Å². The molecular formula is C37H57NO13. The maximum Gasteiger partial charge on any atom is 0.309 e. The number of nitrogens with zero attached hydrogens (tertiary/aromatic N) is 1. The number of esters is 4. The van der Waals surface area contributed by atoms with Crippen molar-refractivity contribution in [3.8, 4) is 0 Å². The van der Waals surface area contributed by atoms with Crippen LogP contribution in [0.3, 0.4) is 0 Å². The first kappa shape index (κ1) is 42.2. The van der Waals surface area contributed by atoms with E-state index in [2.05, 4.69) is 0 Å². The Kier molecular flexibility index (Phi) is 14.9. The van der Waals surface area contributed by atoms with Crippen molar-refractivity contribution in [2.24, 2.45) is 23.2 Å². The molecule has 2 bridgehead atoms. The minimum Gasteiger partial charge on any atom is -0.465 e. The van der Waals surface area contributed by atoms with Crippen molar-refractivity contribution in [1.29, 1.82) is 0 Å². The lowest BCUT2D eigenvalue weighted by molar-refractivity contribution is -0.304. The van der Waals surface area contributed by atoms with Crippen molar-refractivity contribution >= 4 is 29.7 Å². The highest BCUT2D eigenvalue weighted by Gasteiger charge is 2.55. The number of rotatable bonds is 8. The number of aliphatic hydroxyl groups excluding tert-OH is 2. The number of cyclic esters (lactones) is 1. The Morgan fingerprint density at radius 3 is 2.22 bits per heavy atom. The minimum absolute atomic E-state index is 0.0847. The van der Waals surface area contributed by atoms with E-state index in [1.165, 1.54) is 26.8 Å². The number of ether oxygens (including phenoxy) is 6. The van der Waals surface area contributed by atoms with Crippen LogP contribution in [0.25, 0.3) is 0 Å². The molecule has 0 aromatic rings. The van der Waals surface area contributed by atoms with Gasteiger partial charge in [0.25, 0.3) is 0 Å². The van der Waals surface area contributed by atoms with Crippen molar-refractivity contribution < 1.29 is 62.6 Å². The molecule has 0 aromatic heterocycles. The van der Waals surface area contributed by atoms with Crippen molar-refractivity contribution in [1.82, 2.24) is 4.90 Å². The normalized spacial score (nSPS) is 39.7. The molecule has 0 spiro atoms. The van der Waals surface area contributed by atoms with Crippen molar-refractivity contribution in [2.75, 3.05) is 20.7 Å². The van der Waals surface area contributed by atoms with Crippen LogP contribution in [0, 0.1) is 23.2 Å². The van der Waals surface area contributed by atoms with E-state index >= 15 is 0 Å². The quantitative estimate of drug-likeness (QED) is 0.275. The maximum absolute atomic E-state index is 14.1. The van der Waals surface area contributed by atoms with E-state index in [9.17, 15) is 34.2 Å². The Hall–Kier alpha value is -3.17. The van der Waals surface area contributed by atoms with Crippen LogP contribution in [0.1, 0.15) is 81.1 Å². The fourth-order valence-electron chi connectivity index (χ4n) is 7.62. The molecule has 1 saturated carbocycles. The second-order valence-corrected chi connectivity index (χ2v) is 14.7. The van der Waals surface area contributed by atoms with Crippen LogP contribution in [0.5, 0.6) is 0 Å². The number of carbonyl (C=O) groups excluding carboxylic acids is 5. The lowest BCUT2D eigenvalue weighted by atomic mass is 9.78. The van der Waals surface area contributed by atoms with Crippen LogP contribution < -0.4 is 0 Å². The summed E-state index contributed by atoms with van der Waals surface area (Å²) < 4.78 is 35.4. The predicted molar refractivity (Wildman–Crippen MR) is 183 cm³/mol. The summed E-state index contributed by atoms with van der Waals surface area (Å²) in [5.41, 5.74) is -0.557. The molecule has 14 heteroatoms. The van der Waals surface area contributed by atoms with Gasteiger partial charge in [0.2, 0.25) is 0 Å². The molecule has 0 amide bonds. The molecule has 14 nitrogen and oxygen atoms in total. The number of carbonyl (C=O) groups is 5. The lowest BCUT2D eigenvalue weighted by Crippen LogP contribution is -2.63. The van der Waals surface area contributed by atoms with Gasteiger partial charge in [-0.15, -0.1) is 0 Å². The summed E-state index contributed by atoms with van der Waals surface area (Å²) in [6.45, 7) is 12.4. The summed E-state index contributed by atoms with van der Waals surface area (Å²) in [5.74, 6) is -4.53. The van der Waals surface area contributed by atoms with Gasteiger partial charge in [0.05, 0.1) is 36.2 Å². The first-order valence-corrected chi connectivity index (χ1v) is 17.7. The van der Waals surface area contributed by atoms with Crippen LogP contribution in [-0.2, 0) is 52.4 Å². The van der Waals surface area contributed by atoms with Gasteiger partial charge >= 0.3 is 23.9 Å². The molecule has 13 atom stereocenters. The molecule has 0 aromatic carbocycles. The molecule has 288 valence electrons. The van der Waals surface area contributed by atoms with E-state index in [1.54, 1.807) is 58.8 Å². The number of hydrogen-bond donors (Lipinski definition) is 2. The summed E-state index contributed by atoms with van der Waals surface area (Å²) in [4.78, 5) is 65.9. The van der Waals surface area contributed by atoms with Gasteiger partial charge in [-0.05, 0) is 66.1 Å². The predicted octanol–water partition coefficient (Wildman–Crippen LogP) is 2.66. The summed E-state index contributed by atoms with van der Waals surface area (Å²) >= 11 is 0. The zero-order valence-electron chi connectivity index (χ0n) is 31.5.